The third kappa shape index (κ3) is 4.59. The Balaban J connectivity index is 0.00000256. The zero-order chi connectivity index (χ0) is 20.4. The number of carbonyl (C=O) groups is 1. The van der Waals surface area contributed by atoms with Crippen molar-refractivity contribution in [1.29, 1.82) is 0 Å². The third-order valence-corrected chi connectivity index (χ3v) is 5.52. The molecule has 1 saturated heterocycles. The summed E-state index contributed by atoms with van der Waals surface area (Å²) in [7, 11) is 0. The Kier molecular flexibility index (Phi) is 7.31. The number of fused-ring (bicyclic) bond motifs is 1. The molecule has 0 aliphatic carbocycles. The van der Waals surface area contributed by atoms with E-state index in [1.807, 2.05) is 41.0 Å². The highest BCUT2D eigenvalue weighted by Gasteiger charge is 2.29. The molecule has 3 aromatic rings. The van der Waals surface area contributed by atoms with Gasteiger partial charge in [-0.3, -0.25) is 9.36 Å². The van der Waals surface area contributed by atoms with Crippen molar-refractivity contribution in [3.63, 3.8) is 0 Å². The van der Waals surface area contributed by atoms with Gasteiger partial charge in [0, 0.05) is 43.0 Å². The lowest BCUT2D eigenvalue weighted by Gasteiger charge is -2.24. The molecule has 1 amide bonds. The minimum absolute atomic E-state index is 0. The Morgan fingerprint density at radius 3 is 2.43 bits per heavy atom. The lowest BCUT2D eigenvalue weighted by molar-refractivity contribution is -0.122. The lowest BCUT2D eigenvalue weighted by atomic mass is 10.2. The second kappa shape index (κ2) is 9.75. The number of hydrogen-bond donors (Lipinski definition) is 1. The normalized spacial score (nSPS) is 15.4. The summed E-state index contributed by atoms with van der Waals surface area (Å²) in [5.41, 5.74) is 2.36. The first-order valence-corrected chi connectivity index (χ1v) is 10.3. The average Bonchev–Trinajstić information content (AvgIpc) is 3.29. The van der Waals surface area contributed by atoms with Crippen LogP contribution >= 0.6 is 24.0 Å². The number of benzene rings is 1. The number of pyridine rings is 1. The van der Waals surface area contributed by atoms with Crippen LogP contribution in [-0.4, -0.2) is 62.7 Å². The van der Waals surface area contributed by atoms with E-state index in [0.717, 1.165) is 37.3 Å². The second-order valence-electron chi connectivity index (χ2n) is 7.15. The Labute approximate surface area is 187 Å². The number of hydrazine groups is 1. The smallest absolute Gasteiger partial charge is 0.240 e. The zero-order valence-electron chi connectivity index (χ0n) is 17.1. The number of nitrogens with zero attached hydrogens (tertiary/aromatic N) is 5. The van der Waals surface area contributed by atoms with Gasteiger partial charge < -0.3 is 5.32 Å². The van der Waals surface area contributed by atoms with Gasteiger partial charge in [0.2, 0.25) is 5.91 Å². The molecule has 2 aromatic heterocycles. The van der Waals surface area contributed by atoms with Gasteiger partial charge in [0.1, 0.15) is 17.9 Å². The number of imidazole rings is 1. The molecule has 0 bridgehead atoms. The molecule has 1 fully saturated rings. The van der Waals surface area contributed by atoms with Crippen LogP contribution in [0.5, 0.6) is 0 Å². The predicted molar refractivity (Wildman–Crippen MR) is 122 cm³/mol. The molecule has 1 aliphatic rings. The fourth-order valence-electron chi connectivity index (χ4n) is 3.89. The maximum Gasteiger partial charge on any atom is 0.240 e. The summed E-state index contributed by atoms with van der Waals surface area (Å²) in [5, 5.41) is 8.39. The fourth-order valence-corrected chi connectivity index (χ4v) is 4.02. The van der Waals surface area contributed by atoms with Crippen LogP contribution in [0, 0.1) is 0 Å². The molecule has 9 heteroatoms. The van der Waals surface area contributed by atoms with Gasteiger partial charge in [0.25, 0.3) is 0 Å². The van der Waals surface area contributed by atoms with Crippen LogP contribution in [0.4, 0.5) is 0 Å². The largest absolute Gasteiger partial charge is 0.349 e. The standard InChI is InChI=1S/C21H25ClN6O.ClH/c1-3-26-12-17(13-27(26)4-2)24-19(29)14-28-20(15-7-9-16(22)10-8-15)25-18-6-5-11-23-21(18)28;/h5-11,17H,3-4,12-14H2,1-2H3,(H,24,29);1H. The van der Waals surface area contributed by atoms with Crippen molar-refractivity contribution in [2.45, 2.75) is 26.4 Å². The molecular formula is C21H26Cl2N6O. The highest BCUT2D eigenvalue weighted by atomic mass is 35.5. The Morgan fingerprint density at radius 1 is 1.13 bits per heavy atom. The SMILES string of the molecule is CCN1CC(NC(=O)Cn2c(-c3ccc(Cl)cc3)nc3cccnc32)CN1CC.Cl. The molecule has 0 saturated carbocycles. The Hall–Kier alpha value is -2.19. The molecule has 0 unspecified atom stereocenters. The molecule has 0 spiro atoms. The molecule has 7 nitrogen and oxygen atoms in total. The van der Waals surface area contributed by atoms with Crippen LogP contribution in [0.3, 0.4) is 0 Å². The highest BCUT2D eigenvalue weighted by molar-refractivity contribution is 6.30. The van der Waals surface area contributed by atoms with E-state index >= 15 is 0 Å². The van der Waals surface area contributed by atoms with Crippen LogP contribution in [0.15, 0.2) is 42.6 Å². The van der Waals surface area contributed by atoms with Gasteiger partial charge in [-0.25, -0.2) is 20.0 Å². The van der Waals surface area contributed by atoms with Gasteiger partial charge in [-0.1, -0.05) is 25.4 Å². The van der Waals surface area contributed by atoms with E-state index in [0.29, 0.717) is 16.5 Å². The van der Waals surface area contributed by atoms with E-state index in [2.05, 4.69) is 34.2 Å². The predicted octanol–water partition coefficient (Wildman–Crippen LogP) is 3.23. The van der Waals surface area contributed by atoms with Crippen molar-refractivity contribution in [2.75, 3.05) is 26.2 Å². The van der Waals surface area contributed by atoms with Crippen LogP contribution in [0.2, 0.25) is 5.02 Å². The average molecular weight is 449 g/mol. The minimum Gasteiger partial charge on any atom is -0.349 e. The molecular weight excluding hydrogens is 423 g/mol. The van der Waals surface area contributed by atoms with Gasteiger partial charge in [-0.05, 0) is 36.4 Å². The number of hydrogen-bond acceptors (Lipinski definition) is 5. The van der Waals surface area contributed by atoms with Crippen molar-refractivity contribution >= 4 is 41.1 Å². The van der Waals surface area contributed by atoms with Crippen molar-refractivity contribution in [2.24, 2.45) is 0 Å². The van der Waals surface area contributed by atoms with Crippen LogP contribution in [-0.2, 0) is 11.3 Å². The lowest BCUT2D eigenvalue weighted by Crippen LogP contribution is -2.40. The Bertz CT molecular complexity index is 994. The number of halogens is 2. The van der Waals surface area contributed by atoms with Gasteiger partial charge in [0.05, 0.1) is 6.04 Å². The molecule has 3 heterocycles. The fraction of sp³-hybridized carbons (Fsp3) is 0.381. The van der Waals surface area contributed by atoms with Crippen LogP contribution in [0.1, 0.15) is 13.8 Å². The van der Waals surface area contributed by atoms with Gasteiger partial charge in [0.15, 0.2) is 5.65 Å². The van der Waals surface area contributed by atoms with E-state index in [1.165, 1.54) is 0 Å². The molecule has 30 heavy (non-hydrogen) atoms. The molecule has 160 valence electrons. The van der Waals surface area contributed by atoms with Crippen molar-refractivity contribution in [1.82, 2.24) is 29.9 Å². The quantitative estimate of drug-likeness (QED) is 0.626. The summed E-state index contributed by atoms with van der Waals surface area (Å²) in [6, 6.07) is 11.3. The van der Waals surface area contributed by atoms with E-state index < -0.39 is 0 Å². The Morgan fingerprint density at radius 2 is 1.80 bits per heavy atom. The van der Waals surface area contributed by atoms with Gasteiger partial charge >= 0.3 is 0 Å². The maximum atomic E-state index is 12.9. The molecule has 1 aliphatic heterocycles. The third-order valence-electron chi connectivity index (χ3n) is 5.27. The number of rotatable bonds is 6. The molecule has 1 aromatic carbocycles. The summed E-state index contributed by atoms with van der Waals surface area (Å²) in [6.07, 6.45) is 1.72. The van der Waals surface area contributed by atoms with Crippen LogP contribution < -0.4 is 5.32 Å². The summed E-state index contributed by atoms with van der Waals surface area (Å²) in [4.78, 5) is 22.1. The highest BCUT2D eigenvalue weighted by Crippen LogP contribution is 2.25. The van der Waals surface area contributed by atoms with Gasteiger partial charge in [-0.15, -0.1) is 12.4 Å². The number of aromatic nitrogens is 3. The summed E-state index contributed by atoms with van der Waals surface area (Å²) < 4.78 is 1.87. The van der Waals surface area contributed by atoms with E-state index in [1.54, 1.807) is 6.20 Å². The summed E-state index contributed by atoms with van der Waals surface area (Å²) in [6.45, 7) is 7.99. The first kappa shape index (κ1) is 22.5. The monoisotopic (exact) mass is 448 g/mol. The number of amides is 1. The first-order valence-electron chi connectivity index (χ1n) is 9.95. The minimum atomic E-state index is -0.0378. The van der Waals surface area contributed by atoms with Gasteiger partial charge in [-0.2, -0.15) is 0 Å². The molecule has 0 radical (unpaired) electrons. The zero-order valence-corrected chi connectivity index (χ0v) is 18.7. The van der Waals surface area contributed by atoms with Crippen molar-refractivity contribution in [3.8, 4) is 11.4 Å². The van der Waals surface area contributed by atoms with Crippen molar-refractivity contribution < 1.29 is 4.79 Å². The molecule has 4 rings (SSSR count). The van der Waals surface area contributed by atoms with Crippen LogP contribution in [0.25, 0.3) is 22.6 Å². The maximum absolute atomic E-state index is 12.9. The second-order valence-corrected chi connectivity index (χ2v) is 7.59. The van der Waals surface area contributed by atoms with Crippen molar-refractivity contribution in [3.05, 3.63) is 47.6 Å². The molecule has 1 N–H and O–H groups in total. The van der Waals surface area contributed by atoms with E-state index in [4.69, 9.17) is 16.6 Å². The summed E-state index contributed by atoms with van der Waals surface area (Å²) in [5.74, 6) is 0.673. The van der Waals surface area contributed by atoms with E-state index in [9.17, 15) is 4.79 Å². The summed E-state index contributed by atoms with van der Waals surface area (Å²) >= 11 is 6.03. The van der Waals surface area contributed by atoms with E-state index in [-0.39, 0.29) is 30.9 Å². The number of nitrogens with one attached hydrogen (secondary N) is 1. The first-order chi connectivity index (χ1) is 14.1. The molecule has 0 atom stereocenters. The number of likely N-dealkylation sites (N-methyl/N-ethyl adjacent to an activating group) is 2. The number of carbonyl (C=O) groups excluding carboxylic acids is 1. The topological polar surface area (TPSA) is 66.3 Å².